The number of piperidine rings is 1. The standard InChI is InChI=1S/C30H41N5O6/c1-17-24-13-14-34(25(17)30(40)41-24)28(38)20-8-6-7-19(15-20)16-32-27(37)23-12-11-21-9-4-5-10-22(29(39)35(21)23)33-26(36)18(2)31-3/h6-8,15,17-18,21-25,31H,4-5,9-14,16H2,1-3H3,(H,32,37)(H,33,36)/t17-,18+,21?,22+,23+,24?,25?/m1/s1. The van der Waals surface area contributed by atoms with Gasteiger partial charge in [-0.2, -0.15) is 0 Å². The molecule has 0 aromatic heterocycles. The lowest BCUT2D eigenvalue weighted by atomic mass is 9.90. The second kappa shape index (κ2) is 12.2. The van der Waals surface area contributed by atoms with Crippen LogP contribution in [0.15, 0.2) is 24.3 Å². The summed E-state index contributed by atoms with van der Waals surface area (Å²) in [6.07, 6.45) is 5.00. The van der Waals surface area contributed by atoms with Gasteiger partial charge in [-0.25, -0.2) is 4.79 Å². The van der Waals surface area contributed by atoms with Crippen LogP contribution in [-0.4, -0.2) is 89.3 Å². The number of rotatable bonds is 7. The van der Waals surface area contributed by atoms with Gasteiger partial charge < -0.3 is 30.5 Å². The van der Waals surface area contributed by atoms with Crippen LogP contribution in [0.1, 0.15) is 74.7 Å². The maximum Gasteiger partial charge on any atom is 0.329 e. The zero-order valence-corrected chi connectivity index (χ0v) is 24.1. The van der Waals surface area contributed by atoms with Crippen LogP contribution in [0.25, 0.3) is 0 Å². The fraction of sp³-hybridized carbons (Fsp3) is 0.633. The van der Waals surface area contributed by atoms with Crippen molar-refractivity contribution < 1.29 is 28.7 Å². The molecule has 7 atom stereocenters. The minimum Gasteiger partial charge on any atom is -0.460 e. The Morgan fingerprint density at radius 3 is 2.63 bits per heavy atom. The number of nitrogens with zero attached hydrogens (tertiary/aromatic N) is 2. The molecule has 222 valence electrons. The van der Waals surface area contributed by atoms with Gasteiger partial charge >= 0.3 is 5.97 Å². The second-order valence-electron chi connectivity index (χ2n) is 11.8. The van der Waals surface area contributed by atoms with E-state index in [1.165, 1.54) is 0 Å². The minimum absolute atomic E-state index is 0.0190. The van der Waals surface area contributed by atoms with Crippen LogP contribution >= 0.6 is 0 Å². The fourth-order valence-electron chi connectivity index (χ4n) is 6.75. The highest BCUT2D eigenvalue weighted by atomic mass is 16.6. The molecule has 11 heteroatoms. The molecule has 41 heavy (non-hydrogen) atoms. The van der Waals surface area contributed by atoms with E-state index in [0.29, 0.717) is 31.4 Å². The molecule has 11 nitrogen and oxygen atoms in total. The van der Waals surface area contributed by atoms with Crippen molar-refractivity contribution in [1.82, 2.24) is 25.8 Å². The lowest BCUT2D eigenvalue weighted by Gasteiger charge is -2.35. The van der Waals surface area contributed by atoms with Gasteiger partial charge in [0.15, 0.2) is 0 Å². The summed E-state index contributed by atoms with van der Waals surface area (Å²) in [5.74, 6) is -1.28. The Morgan fingerprint density at radius 1 is 1.07 bits per heavy atom. The van der Waals surface area contributed by atoms with E-state index in [2.05, 4.69) is 16.0 Å². The van der Waals surface area contributed by atoms with Gasteiger partial charge in [0, 0.05) is 37.0 Å². The van der Waals surface area contributed by atoms with Crippen molar-refractivity contribution in [2.75, 3.05) is 13.6 Å². The van der Waals surface area contributed by atoms with E-state index in [9.17, 15) is 24.0 Å². The first-order valence-electron chi connectivity index (χ1n) is 14.9. The van der Waals surface area contributed by atoms with Crippen LogP contribution in [0.5, 0.6) is 0 Å². The van der Waals surface area contributed by atoms with Gasteiger partial charge in [0.2, 0.25) is 17.7 Å². The number of fused-ring (bicyclic) bond motifs is 3. The predicted octanol–water partition coefficient (Wildman–Crippen LogP) is 1.11. The number of amides is 4. The molecular weight excluding hydrogens is 526 g/mol. The van der Waals surface area contributed by atoms with E-state index >= 15 is 0 Å². The Hall–Kier alpha value is -3.47. The summed E-state index contributed by atoms with van der Waals surface area (Å²) < 4.78 is 5.42. The summed E-state index contributed by atoms with van der Waals surface area (Å²) in [5, 5.41) is 8.76. The van der Waals surface area contributed by atoms with Crippen LogP contribution in [0, 0.1) is 5.92 Å². The van der Waals surface area contributed by atoms with Gasteiger partial charge in [-0.05, 0) is 57.4 Å². The number of likely N-dealkylation sites (N-methyl/N-ethyl adjacent to an activating group) is 1. The fourth-order valence-corrected chi connectivity index (χ4v) is 6.75. The molecule has 1 aromatic rings. The van der Waals surface area contributed by atoms with Crippen molar-refractivity contribution in [1.29, 1.82) is 0 Å². The number of carbonyl (C=O) groups is 5. The van der Waals surface area contributed by atoms with E-state index in [0.717, 1.165) is 31.2 Å². The molecule has 3 N–H and O–H groups in total. The number of carbonyl (C=O) groups excluding carboxylic acids is 5. The number of hydrogen-bond donors (Lipinski definition) is 3. The molecule has 3 unspecified atom stereocenters. The summed E-state index contributed by atoms with van der Waals surface area (Å²) in [7, 11) is 1.69. The third kappa shape index (κ3) is 5.82. The first-order chi connectivity index (χ1) is 19.7. The second-order valence-corrected chi connectivity index (χ2v) is 11.8. The average Bonchev–Trinajstić information content (AvgIpc) is 3.45. The Labute approximate surface area is 240 Å². The van der Waals surface area contributed by atoms with E-state index in [4.69, 9.17) is 4.74 Å². The molecule has 0 radical (unpaired) electrons. The van der Waals surface area contributed by atoms with Crippen LogP contribution in [-0.2, 0) is 30.5 Å². The molecular formula is C30H41N5O6. The quantitative estimate of drug-likeness (QED) is 0.420. The van der Waals surface area contributed by atoms with Gasteiger partial charge in [-0.15, -0.1) is 0 Å². The maximum atomic E-state index is 13.6. The molecule has 4 amide bonds. The van der Waals surface area contributed by atoms with Crippen LogP contribution in [0.3, 0.4) is 0 Å². The van der Waals surface area contributed by atoms with Crippen molar-refractivity contribution in [3.63, 3.8) is 0 Å². The zero-order valence-electron chi connectivity index (χ0n) is 24.1. The Balaban J connectivity index is 1.23. The number of esters is 1. The average molecular weight is 568 g/mol. The summed E-state index contributed by atoms with van der Waals surface area (Å²) >= 11 is 0. The SMILES string of the molecule is CN[C@@H](C)C(=O)N[C@H]1CCCCC2CC[C@@H](C(=O)NCc3cccc(C(=O)N4CCC5OC(=O)C4[C@@H]5C)c3)N2C1=O. The molecule has 5 rings (SSSR count). The molecule has 0 saturated carbocycles. The molecule has 4 aliphatic rings. The molecule has 0 spiro atoms. The van der Waals surface area contributed by atoms with Crippen molar-refractivity contribution in [2.45, 2.75) is 102 Å². The largest absolute Gasteiger partial charge is 0.460 e. The highest BCUT2D eigenvalue weighted by molar-refractivity contribution is 5.98. The lowest BCUT2D eigenvalue weighted by Crippen LogP contribution is -2.57. The van der Waals surface area contributed by atoms with Crippen LogP contribution in [0.2, 0.25) is 0 Å². The molecule has 1 aromatic carbocycles. The number of likely N-dealkylation sites (tertiary alicyclic amines) is 1. The monoisotopic (exact) mass is 567 g/mol. The number of nitrogens with one attached hydrogen (secondary N) is 3. The Morgan fingerprint density at radius 2 is 1.85 bits per heavy atom. The van der Waals surface area contributed by atoms with E-state index in [1.807, 2.05) is 13.0 Å². The third-order valence-electron chi connectivity index (χ3n) is 9.27. The van der Waals surface area contributed by atoms with Gasteiger partial charge in [0.05, 0.1) is 6.04 Å². The molecule has 4 saturated heterocycles. The van der Waals surface area contributed by atoms with Crippen molar-refractivity contribution >= 4 is 29.6 Å². The maximum absolute atomic E-state index is 13.6. The first-order valence-corrected chi connectivity index (χ1v) is 14.9. The first kappa shape index (κ1) is 29.0. The number of ether oxygens (including phenoxy) is 1. The van der Waals surface area contributed by atoms with Gasteiger partial charge in [-0.3, -0.25) is 19.2 Å². The lowest BCUT2D eigenvalue weighted by molar-refractivity contribution is -0.144. The molecule has 2 bridgehead atoms. The third-order valence-corrected chi connectivity index (χ3v) is 9.27. The van der Waals surface area contributed by atoms with Crippen molar-refractivity contribution in [3.05, 3.63) is 35.4 Å². The highest BCUT2D eigenvalue weighted by Crippen LogP contribution is 2.35. The molecule has 0 aliphatic carbocycles. The highest BCUT2D eigenvalue weighted by Gasteiger charge is 2.50. The van der Waals surface area contributed by atoms with Crippen molar-refractivity contribution in [2.24, 2.45) is 5.92 Å². The molecule has 4 aliphatic heterocycles. The number of hydrogen-bond acceptors (Lipinski definition) is 7. The smallest absolute Gasteiger partial charge is 0.329 e. The van der Waals surface area contributed by atoms with E-state index in [1.54, 1.807) is 42.0 Å². The summed E-state index contributed by atoms with van der Waals surface area (Å²) in [6.45, 7) is 4.35. The summed E-state index contributed by atoms with van der Waals surface area (Å²) in [4.78, 5) is 68.6. The van der Waals surface area contributed by atoms with Gasteiger partial charge in [0.1, 0.15) is 24.2 Å². The predicted molar refractivity (Wildman–Crippen MR) is 149 cm³/mol. The van der Waals surface area contributed by atoms with Gasteiger partial charge in [-0.1, -0.05) is 31.9 Å². The topological polar surface area (TPSA) is 137 Å². The van der Waals surface area contributed by atoms with Crippen LogP contribution < -0.4 is 16.0 Å². The zero-order chi connectivity index (χ0) is 29.3. The summed E-state index contributed by atoms with van der Waals surface area (Å²) in [6, 6.07) is 4.80. The number of benzene rings is 1. The van der Waals surface area contributed by atoms with Crippen molar-refractivity contribution in [3.8, 4) is 0 Å². The minimum atomic E-state index is -0.651. The van der Waals surface area contributed by atoms with Crippen LogP contribution in [0.4, 0.5) is 0 Å². The van der Waals surface area contributed by atoms with E-state index in [-0.39, 0.29) is 54.2 Å². The normalized spacial score (nSPS) is 30.1. The molecule has 4 heterocycles. The molecule has 4 fully saturated rings. The summed E-state index contributed by atoms with van der Waals surface area (Å²) in [5.41, 5.74) is 1.21. The Kier molecular flexibility index (Phi) is 8.63. The van der Waals surface area contributed by atoms with E-state index < -0.39 is 24.2 Å². The van der Waals surface area contributed by atoms with Gasteiger partial charge in [0.25, 0.3) is 5.91 Å². The Bertz CT molecular complexity index is 1210.